The van der Waals surface area contributed by atoms with Gasteiger partial charge in [-0.15, -0.1) is 0 Å². The highest BCUT2D eigenvalue weighted by atomic mass is 16.5. The van der Waals surface area contributed by atoms with Crippen molar-refractivity contribution in [1.29, 1.82) is 0 Å². The van der Waals surface area contributed by atoms with Crippen molar-refractivity contribution >= 4 is 16.9 Å². The Morgan fingerprint density at radius 3 is 2.96 bits per heavy atom. The zero-order valence-electron chi connectivity index (χ0n) is 14.4. The molecule has 1 N–H and O–H groups in total. The molecule has 0 unspecified atom stereocenters. The molecule has 7 nitrogen and oxygen atoms in total. The molecule has 4 rings (SSSR count). The molecule has 2 heterocycles. The van der Waals surface area contributed by atoms with Crippen LogP contribution in [-0.2, 0) is 6.54 Å². The third-order valence-electron chi connectivity index (χ3n) is 4.49. The second-order valence-corrected chi connectivity index (χ2v) is 6.36. The molecule has 0 spiro atoms. The van der Waals surface area contributed by atoms with Crippen LogP contribution in [0, 0.1) is 0 Å². The van der Waals surface area contributed by atoms with Crippen LogP contribution in [0.3, 0.4) is 0 Å². The van der Waals surface area contributed by atoms with Gasteiger partial charge in [-0.3, -0.25) is 14.2 Å². The Hall–Kier alpha value is -3.09. The molecule has 0 radical (unpaired) electrons. The number of benzene rings is 1. The SMILES string of the molecule is COc1cccc2cc(C(=O)NCCn3cnc(C4CC4)cc3=O)oc12. The fourth-order valence-corrected chi connectivity index (χ4v) is 2.90. The highest BCUT2D eigenvalue weighted by Crippen LogP contribution is 2.38. The van der Waals surface area contributed by atoms with Crippen LogP contribution < -0.4 is 15.6 Å². The number of hydrogen-bond acceptors (Lipinski definition) is 5. The van der Waals surface area contributed by atoms with Crippen LogP contribution in [0.4, 0.5) is 0 Å². The Balaban J connectivity index is 1.40. The maximum Gasteiger partial charge on any atom is 0.287 e. The van der Waals surface area contributed by atoms with E-state index in [1.165, 1.54) is 4.57 Å². The van der Waals surface area contributed by atoms with Gasteiger partial charge in [-0.1, -0.05) is 12.1 Å². The van der Waals surface area contributed by atoms with E-state index in [-0.39, 0.29) is 17.2 Å². The maximum absolute atomic E-state index is 12.3. The van der Waals surface area contributed by atoms with Crippen LogP contribution in [0.5, 0.6) is 5.75 Å². The van der Waals surface area contributed by atoms with Gasteiger partial charge in [0.15, 0.2) is 17.1 Å². The molecule has 26 heavy (non-hydrogen) atoms. The van der Waals surface area contributed by atoms with E-state index in [1.54, 1.807) is 31.6 Å². The standard InChI is InChI=1S/C19H19N3O4/c1-25-15-4-2-3-13-9-16(26-18(13)15)19(24)20-7-8-22-11-21-14(10-17(22)23)12-5-6-12/h2-4,9-12H,5-8H2,1H3,(H,20,24). The number of para-hydroxylation sites is 1. The van der Waals surface area contributed by atoms with E-state index >= 15 is 0 Å². The number of ether oxygens (including phenoxy) is 1. The van der Waals surface area contributed by atoms with Crippen molar-refractivity contribution in [2.24, 2.45) is 0 Å². The molecule has 0 bridgehead atoms. The molecular weight excluding hydrogens is 334 g/mol. The Kier molecular flexibility index (Phi) is 4.20. The first-order valence-corrected chi connectivity index (χ1v) is 8.57. The number of nitrogens with one attached hydrogen (secondary N) is 1. The van der Waals surface area contributed by atoms with Gasteiger partial charge in [-0.25, -0.2) is 4.98 Å². The number of carbonyl (C=O) groups excluding carboxylic acids is 1. The molecule has 1 aliphatic carbocycles. The van der Waals surface area contributed by atoms with Crippen molar-refractivity contribution in [3.05, 3.63) is 58.5 Å². The summed E-state index contributed by atoms with van der Waals surface area (Å²) < 4.78 is 12.3. The van der Waals surface area contributed by atoms with Crippen molar-refractivity contribution in [2.75, 3.05) is 13.7 Å². The quantitative estimate of drug-likeness (QED) is 0.735. The van der Waals surface area contributed by atoms with Crippen molar-refractivity contribution in [3.8, 4) is 5.75 Å². The molecule has 1 aliphatic rings. The third kappa shape index (κ3) is 3.20. The largest absolute Gasteiger partial charge is 0.493 e. The van der Waals surface area contributed by atoms with Crippen molar-refractivity contribution in [3.63, 3.8) is 0 Å². The van der Waals surface area contributed by atoms with Crippen LogP contribution in [0.2, 0.25) is 0 Å². The summed E-state index contributed by atoms with van der Waals surface area (Å²) >= 11 is 0. The molecule has 3 aromatic rings. The second kappa shape index (κ2) is 6.67. The summed E-state index contributed by atoms with van der Waals surface area (Å²) in [5.41, 5.74) is 1.31. The van der Waals surface area contributed by atoms with Gasteiger partial charge in [0.1, 0.15) is 0 Å². The van der Waals surface area contributed by atoms with E-state index in [0.29, 0.717) is 30.3 Å². The average Bonchev–Trinajstić information content (AvgIpc) is 3.40. The minimum atomic E-state index is -0.334. The minimum absolute atomic E-state index is 0.0929. The van der Waals surface area contributed by atoms with Crippen molar-refractivity contribution < 1.29 is 13.9 Å². The Morgan fingerprint density at radius 2 is 2.23 bits per heavy atom. The number of nitrogens with zero attached hydrogens (tertiary/aromatic N) is 2. The second-order valence-electron chi connectivity index (χ2n) is 6.36. The van der Waals surface area contributed by atoms with Gasteiger partial charge in [-0.2, -0.15) is 0 Å². The molecule has 1 fully saturated rings. The first-order valence-electron chi connectivity index (χ1n) is 8.57. The number of methoxy groups -OCH3 is 1. The summed E-state index contributed by atoms with van der Waals surface area (Å²) in [6.45, 7) is 0.656. The summed E-state index contributed by atoms with van der Waals surface area (Å²) in [7, 11) is 1.55. The molecule has 2 aromatic heterocycles. The Labute approximate surface area is 149 Å². The number of furan rings is 1. The van der Waals surface area contributed by atoms with Crippen LogP contribution >= 0.6 is 0 Å². The molecule has 134 valence electrons. The molecule has 0 saturated heterocycles. The summed E-state index contributed by atoms with van der Waals surface area (Å²) in [5.74, 6) is 0.898. The van der Waals surface area contributed by atoms with Crippen LogP contribution in [0.15, 0.2) is 45.9 Å². The Morgan fingerprint density at radius 1 is 1.38 bits per heavy atom. The number of aromatic nitrogens is 2. The highest BCUT2D eigenvalue weighted by molar-refractivity contribution is 5.97. The van der Waals surface area contributed by atoms with E-state index in [9.17, 15) is 9.59 Å². The molecule has 1 amide bonds. The van der Waals surface area contributed by atoms with Gasteiger partial charge in [0, 0.05) is 30.5 Å². The molecular formula is C19H19N3O4. The van der Waals surface area contributed by atoms with Gasteiger partial charge in [0.25, 0.3) is 11.5 Å². The fraction of sp³-hybridized carbons (Fsp3) is 0.316. The number of amides is 1. The molecule has 1 saturated carbocycles. The van der Waals surface area contributed by atoms with E-state index < -0.39 is 0 Å². The lowest BCUT2D eigenvalue weighted by molar-refractivity contribution is 0.0926. The van der Waals surface area contributed by atoms with E-state index in [2.05, 4.69) is 10.3 Å². The average molecular weight is 353 g/mol. The molecule has 0 aliphatic heterocycles. The first kappa shape index (κ1) is 16.4. The number of carbonyl (C=O) groups is 1. The fourth-order valence-electron chi connectivity index (χ4n) is 2.90. The van der Waals surface area contributed by atoms with Gasteiger partial charge in [0.2, 0.25) is 0 Å². The maximum atomic E-state index is 12.3. The topological polar surface area (TPSA) is 86.4 Å². The minimum Gasteiger partial charge on any atom is -0.493 e. The first-order chi connectivity index (χ1) is 12.7. The van der Waals surface area contributed by atoms with E-state index in [0.717, 1.165) is 23.9 Å². The van der Waals surface area contributed by atoms with E-state index in [1.807, 2.05) is 12.1 Å². The number of rotatable bonds is 6. The highest BCUT2D eigenvalue weighted by Gasteiger charge is 2.25. The predicted molar refractivity (Wildman–Crippen MR) is 95.6 cm³/mol. The van der Waals surface area contributed by atoms with Crippen molar-refractivity contribution in [1.82, 2.24) is 14.9 Å². The summed E-state index contributed by atoms with van der Waals surface area (Å²) in [5, 5.41) is 3.56. The summed E-state index contributed by atoms with van der Waals surface area (Å²) in [6.07, 6.45) is 3.76. The lowest BCUT2D eigenvalue weighted by Gasteiger charge is -2.07. The lowest BCUT2D eigenvalue weighted by Crippen LogP contribution is -2.30. The van der Waals surface area contributed by atoms with Crippen LogP contribution in [0.25, 0.3) is 11.0 Å². The molecule has 7 heteroatoms. The van der Waals surface area contributed by atoms with Crippen molar-refractivity contribution in [2.45, 2.75) is 25.3 Å². The van der Waals surface area contributed by atoms with Gasteiger partial charge >= 0.3 is 0 Å². The monoisotopic (exact) mass is 353 g/mol. The molecule has 1 aromatic carbocycles. The summed E-state index contributed by atoms with van der Waals surface area (Å²) in [4.78, 5) is 28.7. The van der Waals surface area contributed by atoms with Gasteiger partial charge in [0.05, 0.1) is 19.1 Å². The summed E-state index contributed by atoms with van der Waals surface area (Å²) in [6, 6.07) is 8.72. The third-order valence-corrected chi connectivity index (χ3v) is 4.49. The van der Waals surface area contributed by atoms with Gasteiger partial charge < -0.3 is 14.5 Å². The molecule has 0 atom stereocenters. The lowest BCUT2D eigenvalue weighted by atomic mass is 10.2. The van der Waals surface area contributed by atoms with Crippen LogP contribution in [-0.4, -0.2) is 29.1 Å². The zero-order valence-corrected chi connectivity index (χ0v) is 14.4. The number of hydrogen-bond donors (Lipinski definition) is 1. The van der Waals surface area contributed by atoms with Gasteiger partial charge in [-0.05, 0) is 25.0 Å². The number of fused-ring (bicyclic) bond motifs is 1. The van der Waals surface area contributed by atoms with Crippen LogP contribution in [0.1, 0.15) is 35.0 Å². The Bertz CT molecular complexity index is 1020. The zero-order chi connectivity index (χ0) is 18.1. The smallest absolute Gasteiger partial charge is 0.287 e. The normalized spacial score (nSPS) is 13.7. The predicted octanol–water partition coefficient (Wildman–Crippen LogP) is 2.31. The van der Waals surface area contributed by atoms with E-state index in [4.69, 9.17) is 9.15 Å².